The van der Waals surface area contributed by atoms with Gasteiger partial charge >= 0.3 is 0 Å². The highest BCUT2D eigenvalue weighted by Crippen LogP contribution is 2.37. The van der Waals surface area contributed by atoms with E-state index >= 15 is 0 Å². The van der Waals surface area contributed by atoms with Crippen molar-refractivity contribution in [2.45, 2.75) is 13.8 Å². The van der Waals surface area contributed by atoms with Gasteiger partial charge in [0.1, 0.15) is 0 Å². The zero-order valence-corrected chi connectivity index (χ0v) is 7.37. The minimum atomic E-state index is 0.0602. The van der Waals surface area contributed by atoms with Crippen molar-refractivity contribution < 1.29 is 4.79 Å². The first-order valence-electron chi connectivity index (χ1n) is 4.28. The standard InChI is InChI=1S/C11H12O/c1-7(2)11-8-3-5-9(11)10(12)6-4-8/h3-6,8-9H,1-2H3. The molecule has 0 aromatic rings. The summed E-state index contributed by atoms with van der Waals surface area (Å²) >= 11 is 0. The van der Waals surface area contributed by atoms with Crippen LogP contribution in [0.3, 0.4) is 0 Å². The first-order valence-corrected chi connectivity index (χ1v) is 4.28. The lowest BCUT2D eigenvalue weighted by Gasteiger charge is -2.18. The molecule has 12 heavy (non-hydrogen) atoms. The molecule has 0 spiro atoms. The SMILES string of the molecule is CC(C)=C1C2C=CC(=O)C1C=C2. The third-order valence-corrected chi connectivity index (χ3v) is 2.56. The molecule has 2 aliphatic rings. The molecule has 2 rings (SSSR count). The topological polar surface area (TPSA) is 17.1 Å². The van der Waals surface area contributed by atoms with E-state index in [4.69, 9.17) is 0 Å². The molecule has 1 heteroatoms. The molecular formula is C11H12O. The van der Waals surface area contributed by atoms with Crippen molar-refractivity contribution in [2.24, 2.45) is 11.8 Å². The minimum absolute atomic E-state index is 0.0602. The predicted molar refractivity (Wildman–Crippen MR) is 48.6 cm³/mol. The molecule has 0 heterocycles. The van der Waals surface area contributed by atoms with Gasteiger partial charge in [0.2, 0.25) is 0 Å². The Balaban J connectivity index is 2.52. The van der Waals surface area contributed by atoms with Gasteiger partial charge in [-0.15, -0.1) is 0 Å². The summed E-state index contributed by atoms with van der Waals surface area (Å²) in [6, 6.07) is 0. The lowest BCUT2D eigenvalue weighted by atomic mass is 9.84. The third-order valence-electron chi connectivity index (χ3n) is 2.56. The normalized spacial score (nSPS) is 31.5. The van der Waals surface area contributed by atoms with E-state index in [0.717, 1.165) is 0 Å². The summed E-state index contributed by atoms with van der Waals surface area (Å²) in [7, 11) is 0. The van der Waals surface area contributed by atoms with Crippen LogP contribution in [0.2, 0.25) is 0 Å². The van der Waals surface area contributed by atoms with Crippen LogP contribution in [-0.4, -0.2) is 5.78 Å². The second-order valence-corrected chi connectivity index (χ2v) is 3.61. The van der Waals surface area contributed by atoms with Crippen molar-refractivity contribution in [1.82, 2.24) is 0 Å². The van der Waals surface area contributed by atoms with Gasteiger partial charge in [-0.1, -0.05) is 23.8 Å². The largest absolute Gasteiger partial charge is 0.294 e. The molecule has 0 aliphatic heterocycles. The summed E-state index contributed by atoms with van der Waals surface area (Å²) in [5.74, 6) is 0.693. The summed E-state index contributed by atoms with van der Waals surface area (Å²) in [6.07, 6.45) is 7.84. The second-order valence-electron chi connectivity index (χ2n) is 3.61. The summed E-state index contributed by atoms with van der Waals surface area (Å²) < 4.78 is 0. The van der Waals surface area contributed by atoms with E-state index in [1.54, 1.807) is 6.08 Å². The molecular weight excluding hydrogens is 148 g/mol. The molecule has 2 aliphatic carbocycles. The lowest BCUT2D eigenvalue weighted by Crippen LogP contribution is -2.17. The molecule has 0 amide bonds. The Morgan fingerprint density at radius 1 is 1.25 bits per heavy atom. The smallest absolute Gasteiger partial charge is 0.166 e. The van der Waals surface area contributed by atoms with Crippen LogP contribution in [0.1, 0.15) is 13.8 Å². The average Bonchev–Trinajstić information content (AvgIpc) is 2.35. The van der Waals surface area contributed by atoms with Crippen molar-refractivity contribution in [1.29, 1.82) is 0 Å². The molecule has 2 atom stereocenters. The van der Waals surface area contributed by atoms with E-state index in [1.165, 1.54) is 11.1 Å². The van der Waals surface area contributed by atoms with E-state index < -0.39 is 0 Å². The van der Waals surface area contributed by atoms with E-state index in [9.17, 15) is 4.79 Å². The van der Waals surface area contributed by atoms with Crippen LogP contribution in [0.15, 0.2) is 35.5 Å². The third kappa shape index (κ3) is 0.893. The van der Waals surface area contributed by atoms with Crippen LogP contribution < -0.4 is 0 Å². The molecule has 0 saturated heterocycles. The maximum absolute atomic E-state index is 11.4. The molecule has 0 aromatic carbocycles. The van der Waals surface area contributed by atoms with Crippen LogP contribution in [0.25, 0.3) is 0 Å². The van der Waals surface area contributed by atoms with Crippen LogP contribution in [-0.2, 0) is 4.79 Å². The Kier molecular flexibility index (Phi) is 1.53. The van der Waals surface area contributed by atoms with Gasteiger partial charge in [0.05, 0.1) is 5.92 Å². The molecule has 0 N–H and O–H groups in total. The van der Waals surface area contributed by atoms with Crippen molar-refractivity contribution in [3.8, 4) is 0 Å². The average molecular weight is 160 g/mol. The Bertz CT molecular complexity index is 314. The quantitative estimate of drug-likeness (QED) is 0.497. The fourth-order valence-corrected chi connectivity index (χ4v) is 2.01. The number of fused-ring (bicyclic) bond motifs is 2. The summed E-state index contributed by atoms with van der Waals surface area (Å²) in [4.78, 5) is 11.4. The van der Waals surface area contributed by atoms with Crippen LogP contribution in [0.4, 0.5) is 0 Å². The number of hydrogen-bond donors (Lipinski definition) is 0. The summed E-state index contributed by atoms with van der Waals surface area (Å²) in [5.41, 5.74) is 2.58. The number of ketones is 1. The van der Waals surface area contributed by atoms with Gasteiger partial charge in [0.15, 0.2) is 5.78 Å². The van der Waals surface area contributed by atoms with Crippen molar-refractivity contribution in [3.05, 3.63) is 35.5 Å². The van der Waals surface area contributed by atoms with E-state index in [2.05, 4.69) is 19.9 Å². The Hall–Kier alpha value is -1.11. The molecule has 0 fully saturated rings. The first kappa shape index (κ1) is 7.53. The fraction of sp³-hybridized carbons (Fsp3) is 0.364. The van der Waals surface area contributed by atoms with Crippen molar-refractivity contribution in [3.63, 3.8) is 0 Å². The second kappa shape index (κ2) is 2.44. The van der Waals surface area contributed by atoms with Crippen LogP contribution in [0.5, 0.6) is 0 Å². The van der Waals surface area contributed by atoms with Gasteiger partial charge in [0.25, 0.3) is 0 Å². The molecule has 2 bridgehead atoms. The maximum Gasteiger partial charge on any atom is 0.166 e. The molecule has 2 unspecified atom stereocenters. The Morgan fingerprint density at radius 2 is 2.00 bits per heavy atom. The van der Waals surface area contributed by atoms with Crippen molar-refractivity contribution >= 4 is 5.78 Å². The highest BCUT2D eigenvalue weighted by Gasteiger charge is 2.31. The highest BCUT2D eigenvalue weighted by molar-refractivity contribution is 5.98. The van der Waals surface area contributed by atoms with Gasteiger partial charge in [-0.05, 0) is 25.5 Å². The lowest BCUT2D eigenvalue weighted by molar-refractivity contribution is -0.116. The predicted octanol–water partition coefficient (Wildman–Crippen LogP) is 2.26. The zero-order chi connectivity index (χ0) is 8.72. The maximum atomic E-state index is 11.4. The minimum Gasteiger partial charge on any atom is -0.294 e. The number of hydrogen-bond acceptors (Lipinski definition) is 1. The van der Waals surface area contributed by atoms with Gasteiger partial charge in [-0.2, -0.15) is 0 Å². The summed E-state index contributed by atoms with van der Waals surface area (Å²) in [6.45, 7) is 4.16. The fourth-order valence-electron chi connectivity index (χ4n) is 2.01. The van der Waals surface area contributed by atoms with Gasteiger partial charge in [-0.3, -0.25) is 4.79 Å². The highest BCUT2D eigenvalue weighted by atomic mass is 16.1. The van der Waals surface area contributed by atoms with E-state index in [0.29, 0.717) is 5.92 Å². The molecule has 1 nitrogen and oxygen atoms in total. The Labute approximate surface area is 72.5 Å². The Morgan fingerprint density at radius 3 is 2.58 bits per heavy atom. The zero-order valence-electron chi connectivity index (χ0n) is 7.37. The first-order chi connectivity index (χ1) is 5.70. The van der Waals surface area contributed by atoms with Crippen molar-refractivity contribution in [2.75, 3.05) is 0 Å². The monoisotopic (exact) mass is 160 g/mol. The number of carbonyl (C=O) groups is 1. The molecule has 0 radical (unpaired) electrons. The molecule has 0 aromatic heterocycles. The summed E-state index contributed by atoms with van der Waals surface area (Å²) in [5, 5.41) is 0. The number of allylic oxidation sites excluding steroid dienone is 6. The van der Waals surface area contributed by atoms with Crippen LogP contribution in [0, 0.1) is 11.8 Å². The number of carbonyl (C=O) groups excluding carboxylic acids is 1. The van der Waals surface area contributed by atoms with Gasteiger partial charge in [0, 0.05) is 5.92 Å². The molecule has 62 valence electrons. The molecule has 0 saturated carbocycles. The van der Waals surface area contributed by atoms with Crippen LogP contribution >= 0.6 is 0 Å². The number of rotatable bonds is 0. The van der Waals surface area contributed by atoms with Gasteiger partial charge < -0.3 is 0 Å². The van der Waals surface area contributed by atoms with E-state index in [-0.39, 0.29) is 11.7 Å². The van der Waals surface area contributed by atoms with Gasteiger partial charge in [-0.25, -0.2) is 0 Å². The van der Waals surface area contributed by atoms with E-state index in [1.807, 2.05) is 12.2 Å².